The number of amides is 1. The molecule has 0 radical (unpaired) electrons. The van der Waals surface area contributed by atoms with Gasteiger partial charge in [-0.25, -0.2) is 14.3 Å². The zero-order chi connectivity index (χ0) is 36.7. The van der Waals surface area contributed by atoms with Crippen molar-refractivity contribution in [2.75, 3.05) is 19.0 Å². The van der Waals surface area contributed by atoms with Gasteiger partial charge in [0.15, 0.2) is 40.1 Å². The third kappa shape index (κ3) is 7.88. The molecule has 16 heteroatoms. The molecule has 0 aliphatic carbocycles. The molecule has 3 aromatic rings. The van der Waals surface area contributed by atoms with E-state index in [9.17, 15) is 19.2 Å². The molecule has 49 heavy (non-hydrogen) atoms. The molecule has 0 saturated carbocycles. The summed E-state index contributed by atoms with van der Waals surface area (Å²) in [6.45, 7) is 22.3. The molecule has 0 spiro atoms. The van der Waals surface area contributed by atoms with Crippen molar-refractivity contribution in [2.45, 2.75) is 109 Å². The van der Waals surface area contributed by atoms with E-state index in [4.69, 9.17) is 23.1 Å². The first-order valence-corrected chi connectivity index (χ1v) is 22.0. The van der Waals surface area contributed by atoms with Crippen LogP contribution in [0.3, 0.4) is 0 Å². The van der Waals surface area contributed by atoms with Crippen molar-refractivity contribution >= 4 is 51.7 Å². The predicted octanol–water partition coefficient (Wildman–Crippen LogP) is 5.70. The molecule has 1 aromatic carbocycles. The van der Waals surface area contributed by atoms with Gasteiger partial charge >= 0.3 is 6.16 Å². The first-order valence-electron chi connectivity index (χ1n) is 16.2. The predicted molar refractivity (Wildman–Crippen MR) is 189 cm³/mol. The molecule has 1 aliphatic heterocycles. The van der Waals surface area contributed by atoms with E-state index >= 15 is 0 Å². The van der Waals surface area contributed by atoms with Gasteiger partial charge in [0, 0.05) is 12.5 Å². The van der Waals surface area contributed by atoms with E-state index < -0.39 is 64.7 Å². The molecule has 268 valence electrons. The summed E-state index contributed by atoms with van der Waals surface area (Å²) in [6.07, 6.45) is -3.26. The lowest BCUT2D eigenvalue weighted by molar-refractivity contribution is -0.114. The summed E-state index contributed by atoms with van der Waals surface area (Å²) in [5.41, 5.74) is -0.686. The maximum Gasteiger partial charge on any atom is 0.508 e. The summed E-state index contributed by atoms with van der Waals surface area (Å²) >= 11 is 0. The van der Waals surface area contributed by atoms with Crippen LogP contribution >= 0.6 is 0 Å². The number of carbonyl (C=O) groups excluding carboxylic acids is 3. The quantitative estimate of drug-likeness (QED) is 0.214. The molecule has 2 aromatic heterocycles. The van der Waals surface area contributed by atoms with E-state index in [1.807, 2.05) is 0 Å². The average Bonchev–Trinajstić information content (AvgIpc) is 3.55. The molecule has 4 atom stereocenters. The van der Waals surface area contributed by atoms with Crippen LogP contribution in [0.15, 0.2) is 41.5 Å². The summed E-state index contributed by atoms with van der Waals surface area (Å²) in [7, 11) is -3.65. The van der Waals surface area contributed by atoms with Crippen LogP contribution in [0.5, 0.6) is 0 Å². The number of anilines is 1. The largest absolute Gasteiger partial charge is 0.508 e. The minimum absolute atomic E-state index is 0.0301. The molecule has 3 heterocycles. The summed E-state index contributed by atoms with van der Waals surface area (Å²) in [5, 5.41) is 2.16. The molecule has 1 N–H and O–H groups in total. The number of hydrogen-bond donors (Lipinski definition) is 1. The second kappa shape index (κ2) is 13.9. The first kappa shape index (κ1) is 38.1. The Kier molecular flexibility index (Phi) is 10.8. The highest BCUT2D eigenvalue weighted by atomic mass is 28.4. The number of fused-ring (bicyclic) bond motifs is 1. The van der Waals surface area contributed by atoms with Crippen LogP contribution in [-0.4, -0.2) is 85.7 Å². The zero-order valence-electron chi connectivity index (χ0n) is 30.4. The van der Waals surface area contributed by atoms with Crippen molar-refractivity contribution in [3.05, 3.63) is 52.6 Å². The molecule has 1 aliphatic rings. The highest BCUT2D eigenvalue weighted by molar-refractivity contribution is 6.74. The number of rotatable bonds is 9. The van der Waals surface area contributed by atoms with Gasteiger partial charge in [-0.05, 0) is 48.4 Å². The Morgan fingerprint density at radius 1 is 0.959 bits per heavy atom. The lowest BCUT2D eigenvalue weighted by Gasteiger charge is -2.40. The zero-order valence-corrected chi connectivity index (χ0v) is 32.4. The Bertz CT molecular complexity index is 1760. The molecule has 1 saturated heterocycles. The van der Waals surface area contributed by atoms with E-state index in [1.165, 1.54) is 24.9 Å². The van der Waals surface area contributed by atoms with Gasteiger partial charge in [-0.15, -0.1) is 0 Å². The fraction of sp³-hybridized carbons (Fsp3) is 0.576. The standard InChI is InChI=1S/C33H49N5O9Si2/c1-20(39)35-30-36-26-23(28(41)38(30)27(40)21-16-14-13-15-17-21)34-19-37(26)29-25(47-49(11,12)33(5,6)7)24(46-31(42)43-8)22(45-29)18-44-48(9,10)32(2,3)4/h13-17,19,22,24-25,29H,18H2,1-12H3,(H,35,36,39). The second-order valence-corrected chi connectivity index (χ2v) is 24.8. The van der Waals surface area contributed by atoms with Crippen molar-refractivity contribution < 1.29 is 37.4 Å². The molecule has 1 fully saturated rings. The van der Waals surface area contributed by atoms with Gasteiger partial charge in [0.1, 0.15) is 12.2 Å². The van der Waals surface area contributed by atoms with Crippen molar-refractivity contribution in [3.8, 4) is 0 Å². The maximum absolute atomic E-state index is 13.9. The number of aromatic nitrogens is 4. The molecule has 1 amide bonds. The number of carbonyl (C=O) groups is 3. The van der Waals surface area contributed by atoms with Gasteiger partial charge in [-0.2, -0.15) is 4.98 Å². The van der Waals surface area contributed by atoms with Crippen molar-refractivity contribution in [1.82, 2.24) is 19.1 Å². The number of nitrogens with one attached hydrogen (secondary N) is 1. The Hall–Kier alpha value is -3.71. The van der Waals surface area contributed by atoms with Gasteiger partial charge in [0.25, 0.3) is 11.5 Å². The van der Waals surface area contributed by atoms with Crippen LogP contribution in [0.4, 0.5) is 10.7 Å². The highest BCUT2D eigenvalue weighted by Crippen LogP contribution is 2.44. The normalized spacial score (nSPS) is 20.3. The van der Waals surface area contributed by atoms with Gasteiger partial charge < -0.3 is 23.1 Å². The minimum atomic E-state index is -2.58. The molecule has 0 bridgehead atoms. The molecule has 4 rings (SSSR count). The Balaban J connectivity index is 1.90. The highest BCUT2D eigenvalue weighted by Gasteiger charge is 2.54. The minimum Gasteiger partial charge on any atom is -0.438 e. The third-order valence-corrected chi connectivity index (χ3v) is 18.7. The first-order chi connectivity index (χ1) is 22.6. The summed E-state index contributed by atoms with van der Waals surface area (Å²) in [5.74, 6) is -1.53. The fourth-order valence-electron chi connectivity index (χ4n) is 4.81. The number of methoxy groups -OCH3 is 1. The smallest absolute Gasteiger partial charge is 0.438 e. The number of imidazole rings is 1. The molecular formula is C33H49N5O9Si2. The summed E-state index contributed by atoms with van der Waals surface area (Å²) in [4.78, 5) is 61.4. The maximum atomic E-state index is 13.9. The lowest BCUT2D eigenvalue weighted by atomic mass is 10.1. The van der Waals surface area contributed by atoms with Crippen LogP contribution in [0.2, 0.25) is 36.3 Å². The average molecular weight is 716 g/mol. The van der Waals surface area contributed by atoms with Crippen molar-refractivity contribution in [2.24, 2.45) is 0 Å². The molecular weight excluding hydrogens is 667 g/mol. The fourth-order valence-corrected chi connectivity index (χ4v) is 7.11. The van der Waals surface area contributed by atoms with Crippen molar-refractivity contribution in [1.29, 1.82) is 0 Å². The van der Waals surface area contributed by atoms with Crippen LogP contribution in [0.1, 0.15) is 65.1 Å². The molecule has 14 nitrogen and oxygen atoms in total. The van der Waals surface area contributed by atoms with Crippen LogP contribution in [-0.2, 0) is 27.9 Å². The van der Waals surface area contributed by atoms with E-state index in [0.29, 0.717) is 0 Å². The van der Waals surface area contributed by atoms with Gasteiger partial charge in [0.2, 0.25) is 11.9 Å². The van der Waals surface area contributed by atoms with E-state index in [2.05, 4.69) is 83.0 Å². The number of benzene rings is 1. The monoisotopic (exact) mass is 715 g/mol. The second-order valence-electron chi connectivity index (χ2n) is 15.3. The van der Waals surface area contributed by atoms with E-state index in [0.717, 1.165) is 4.57 Å². The Labute approximate surface area is 288 Å². The lowest BCUT2D eigenvalue weighted by Crippen LogP contribution is -2.50. The topological polar surface area (TPSA) is 162 Å². The Morgan fingerprint density at radius 2 is 1.57 bits per heavy atom. The number of ether oxygens (including phenoxy) is 3. The van der Waals surface area contributed by atoms with Gasteiger partial charge in [-0.1, -0.05) is 59.7 Å². The SMILES string of the molecule is COC(=O)OC1C(CO[Si](C)(C)C(C)(C)C)OC(n2cnc3c(=O)n(C(=O)c4ccccc4)c(NC(C)=O)nc32)C1O[Si](C)(C)C(C)(C)C. The van der Waals surface area contributed by atoms with E-state index in [-0.39, 0.29) is 39.4 Å². The summed E-state index contributed by atoms with van der Waals surface area (Å²) < 4.78 is 33.2. The number of hydrogen-bond acceptors (Lipinski definition) is 11. The van der Waals surface area contributed by atoms with E-state index in [1.54, 1.807) is 30.3 Å². The van der Waals surface area contributed by atoms with Crippen molar-refractivity contribution in [3.63, 3.8) is 0 Å². The third-order valence-electron chi connectivity index (χ3n) is 9.72. The molecule has 4 unspecified atom stereocenters. The van der Waals surface area contributed by atoms with Gasteiger partial charge in [0.05, 0.1) is 20.0 Å². The summed E-state index contributed by atoms with van der Waals surface area (Å²) in [6, 6.07) is 8.17. The Morgan fingerprint density at radius 3 is 2.12 bits per heavy atom. The number of nitrogens with zero attached hydrogens (tertiary/aromatic N) is 4. The van der Waals surface area contributed by atoms with Crippen LogP contribution in [0.25, 0.3) is 11.2 Å². The van der Waals surface area contributed by atoms with Crippen LogP contribution in [0, 0.1) is 0 Å². The van der Waals surface area contributed by atoms with Crippen LogP contribution < -0.4 is 10.9 Å². The van der Waals surface area contributed by atoms with Gasteiger partial charge in [-0.3, -0.25) is 24.3 Å².